The quantitative estimate of drug-likeness (QED) is 0.143. The van der Waals surface area contributed by atoms with E-state index in [1.54, 1.807) is 94.9 Å². The molecule has 0 saturated carbocycles. The Balaban J connectivity index is -0.0000000834. The number of rotatable bonds is 0. The van der Waals surface area contributed by atoms with Gasteiger partial charge in [-0.3, -0.25) is 9.36 Å². The van der Waals surface area contributed by atoms with Crippen LogP contribution in [-0.4, -0.2) is 38.6 Å². The summed E-state index contributed by atoms with van der Waals surface area (Å²) >= 11 is 8.27. The summed E-state index contributed by atoms with van der Waals surface area (Å²) in [7, 11) is 3.84. The molecular formula is C74H134N8O4S5. The Morgan fingerprint density at radius 2 is 1.09 bits per heavy atom. The lowest BCUT2D eigenvalue weighted by Gasteiger charge is -1.99. The molecule has 10 aromatic heterocycles. The van der Waals surface area contributed by atoms with Crippen LogP contribution in [0.2, 0.25) is 0 Å². The van der Waals surface area contributed by atoms with Crippen molar-refractivity contribution >= 4 is 57.5 Å². The summed E-state index contributed by atoms with van der Waals surface area (Å²) in [5, 5.41) is 27.4. The van der Waals surface area contributed by atoms with Crippen molar-refractivity contribution < 1.29 is 17.9 Å². The fourth-order valence-corrected chi connectivity index (χ4v) is 6.83. The van der Waals surface area contributed by atoms with Crippen molar-refractivity contribution in [3.63, 3.8) is 0 Å². The summed E-state index contributed by atoms with van der Waals surface area (Å²) in [5.41, 5.74) is 6.84. The van der Waals surface area contributed by atoms with Gasteiger partial charge >= 0.3 is 0 Å². The summed E-state index contributed by atoms with van der Waals surface area (Å²) in [4.78, 5) is 2.66. The second-order valence-corrected chi connectivity index (χ2v) is 18.9. The topological polar surface area (TPSA) is 140 Å². The first-order chi connectivity index (χ1) is 44.1. The van der Waals surface area contributed by atoms with Crippen LogP contribution in [0.3, 0.4) is 0 Å². The van der Waals surface area contributed by atoms with Crippen LogP contribution in [0.25, 0.3) is 0 Å². The Kier molecular flexibility index (Phi) is 120. The molecule has 0 fully saturated rings. The number of hydrogen-bond donors (Lipinski definition) is 0. The van der Waals surface area contributed by atoms with Crippen LogP contribution < -0.4 is 0 Å². The number of nitrogens with zero attached hydrogens (tertiary/aromatic N) is 8. The highest BCUT2D eigenvalue weighted by molar-refractivity contribution is 8.04. The molecule has 0 aliphatic carbocycles. The summed E-state index contributed by atoms with van der Waals surface area (Å²) in [6, 6.07) is 23.5. The first-order valence-corrected chi connectivity index (χ1v) is 36.9. The predicted molar refractivity (Wildman–Crippen MR) is 417 cm³/mol. The number of thiophene rings is 2. The monoisotopic (exact) mass is 1360 g/mol. The van der Waals surface area contributed by atoms with Crippen LogP contribution in [0.4, 0.5) is 0 Å². The lowest BCUT2D eigenvalue weighted by molar-refractivity contribution is 0.397. The van der Waals surface area contributed by atoms with Gasteiger partial charge in [0.15, 0.2) is 0 Å². The third kappa shape index (κ3) is 95.2. The Morgan fingerprint density at radius 3 is 1.22 bits per heavy atom. The minimum atomic E-state index is 0.654. The van der Waals surface area contributed by atoms with Gasteiger partial charge < -0.3 is 17.9 Å². The number of furan rings is 2. The first kappa shape index (κ1) is 109. The summed E-state index contributed by atoms with van der Waals surface area (Å²) in [6.07, 6.45) is 18.1. The van der Waals surface area contributed by atoms with Gasteiger partial charge in [-0.1, -0.05) is 188 Å². The van der Waals surface area contributed by atoms with Crippen LogP contribution in [0.1, 0.15) is 214 Å². The zero-order valence-corrected chi connectivity index (χ0v) is 68.1. The van der Waals surface area contributed by atoms with E-state index in [-0.39, 0.29) is 0 Å². The molecule has 0 radical (unpaired) electrons. The average molecular weight is 1360 g/mol. The Bertz CT molecular complexity index is 2130. The summed E-state index contributed by atoms with van der Waals surface area (Å²) in [5.74, 6) is 2.48. The van der Waals surface area contributed by atoms with Crippen molar-refractivity contribution in [2.24, 2.45) is 20.0 Å². The van der Waals surface area contributed by atoms with Gasteiger partial charge in [-0.15, -0.1) is 23.1 Å². The second kappa shape index (κ2) is 100. The molecule has 1 aliphatic rings. The molecule has 91 heavy (non-hydrogen) atoms. The van der Waals surface area contributed by atoms with E-state index >= 15 is 0 Å². The molecule has 524 valence electrons. The maximum absolute atomic E-state index is 4.83. The average Bonchev–Trinajstić information content (AvgIpc) is 4.57. The molecule has 1 aliphatic heterocycles. The Labute approximate surface area is 580 Å². The van der Waals surface area contributed by atoms with Crippen LogP contribution >= 0.6 is 57.5 Å². The number of allylic oxidation sites excluding steroid dienone is 2. The highest BCUT2D eigenvalue weighted by Gasteiger charge is 1.91. The molecule has 0 saturated heterocycles. The van der Waals surface area contributed by atoms with Crippen molar-refractivity contribution in [2.75, 3.05) is 0 Å². The molecule has 0 bridgehead atoms. The van der Waals surface area contributed by atoms with Crippen molar-refractivity contribution in [1.82, 2.24) is 38.6 Å². The number of thioether (sulfide) groups is 1. The van der Waals surface area contributed by atoms with Crippen LogP contribution in [0, 0.1) is 75.2 Å². The van der Waals surface area contributed by atoms with E-state index in [0.29, 0.717) is 5.92 Å². The second-order valence-electron chi connectivity index (χ2n) is 14.5. The summed E-state index contributed by atoms with van der Waals surface area (Å²) < 4.78 is 30.0. The van der Waals surface area contributed by atoms with Crippen molar-refractivity contribution in [1.29, 1.82) is 0 Å². The van der Waals surface area contributed by atoms with Crippen molar-refractivity contribution in [3.05, 3.63) is 222 Å². The maximum Gasteiger partial charge on any atom is 0.133 e. The van der Waals surface area contributed by atoms with Crippen LogP contribution in [0.15, 0.2) is 185 Å². The molecule has 0 spiro atoms. The van der Waals surface area contributed by atoms with Crippen LogP contribution in [-0.2, 0) is 14.1 Å². The third-order valence-electron chi connectivity index (χ3n) is 7.76. The lowest BCUT2D eigenvalue weighted by Crippen LogP contribution is -1.90. The smallest absolute Gasteiger partial charge is 0.133 e. The van der Waals surface area contributed by atoms with E-state index in [9.17, 15) is 0 Å². The predicted octanol–water partition coefficient (Wildman–Crippen LogP) is 27.3. The molecule has 0 atom stereocenters. The molecule has 17 heteroatoms. The van der Waals surface area contributed by atoms with Gasteiger partial charge in [0.2, 0.25) is 0 Å². The van der Waals surface area contributed by atoms with E-state index in [1.165, 1.54) is 49.6 Å². The number of aromatic nitrogens is 8. The van der Waals surface area contributed by atoms with Gasteiger partial charge in [0, 0.05) is 65.6 Å². The first-order valence-electron chi connectivity index (χ1n) is 32.5. The summed E-state index contributed by atoms with van der Waals surface area (Å²) in [6.45, 7) is 66.0. The number of hydrogen-bond acceptors (Lipinski definition) is 15. The molecule has 11 heterocycles. The molecule has 10 aromatic rings. The largest absolute Gasteiger partial charge is 0.472 e. The van der Waals surface area contributed by atoms with E-state index in [0.717, 1.165) is 28.6 Å². The minimum absolute atomic E-state index is 0.654. The molecule has 0 N–H and O–H groups in total. The molecule has 11 rings (SSSR count). The third-order valence-corrected chi connectivity index (χ3v) is 11.3. The molecule has 0 aromatic carbocycles. The van der Waals surface area contributed by atoms with Gasteiger partial charge in [0.1, 0.15) is 17.8 Å². The maximum atomic E-state index is 4.83. The van der Waals surface area contributed by atoms with Gasteiger partial charge in [-0.2, -0.15) is 25.9 Å². The zero-order valence-electron chi connectivity index (χ0n) is 64.0. The van der Waals surface area contributed by atoms with Gasteiger partial charge in [-0.25, -0.2) is 4.37 Å². The van der Waals surface area contributed by atoms with Crippen molar-refractivity contribution in [3.8, 4) is 0 Å². The zero-order chi connectivity index (χ0) is 72.9. The number of aryl methyl sites for hydroxylation is 12. The Hall–Kier alpha value is -6.11. The van der Waals surface area contributed by atoms with E-state index in [1.807, 2.05) is 281 Å². The van der Waals surface area contributed by atoms with Gasteiger partial charge in [0.05, 0.1) is 42.1 Å². The molecule has 0 amide bonds. The molecule has 0 unspecified atom stereocenters. The van der Waals surface area contributed by atoms with E-state index < -0.39 is 0 Å². The van der Waals surface area contributed by atoms with Crippen molar-refractivity contribution in [2.45, 2.75) is 228 Å². The van der Waals surface area contributed by atoms with E-state index in [2.05, 4.69) is 116 Å². The molecular weight excluding hydrogens is 1230 g/mol. The van der Waals surface area contributed by atoms with Gasteiger partial charge in [0.25, 0.3) is 0 Å². The highest BCUT2D eigenvalue weighted by atomic mass is 32.2. The normalized spacial score (nSPS) is 8.43. The standard InChI is InChI=1S/C6H8S.2C5H8N2.2C5H6O.2C5H6S.2C4H5NO.2C4H5NS.11C2H6/c1-6-2-4-7-5-3-6;1-5-3-4-7(2)6-5;1-5-3-4-6-7(5)2;1-5-2-3-6-4-5;1-5-3-2-4-6-5;1-5-2-3-6-4-5;1-5-3-2-4-6-5;1-4-2-3-6-5-4;1-4-2-3-5-6-4;1-4-2-3-6-5-4;1-4-2-3-5-6-4;11*1-2/h2-6H,1H3;2*3-4H,1-2H3;4*2-4H,1H3;4*2-3H,1H3;11*1-2H3. The fourth-order valence-electron chi connectivity index (χ4n) is 3.91. The fraction of sp³-hybridized carbons (Fsp3) is 0.486. The molecule has 12 nitrogen and oxygen atoms in total. The lowest BCUT2D eigenvalue weighted by atomic mass is 10.2. The van der Waals surface area contributed by atoms with Gasteiger partial charge in [-0.05, 0) is 191 Å². The minimum Gasteiger partial charge on any atom is -0.472 e. The highest BCUT2D eigenvalue weighted by Crippen LogP contribution is 2.15. The Morgan fingerprint density at radius 1 is 0.495 bits per heavy atom. The SMILES string of the molecule is CC.CC.CC.CC.CC.CC.CC.CC.CC.CC.CC.CC1C=CSC=C1.Cc1ccco1.Cc1cccs1.Cc1ccn(C)n1.Cc1ccnn1C.Cc1ccno1.Cc1ccns1.Cc1ccoc1.Cc1ccon1.Cc1ccsc1.Cc1ccsn1. The van der Waals surface area contributed by atoms with E-state index in [4.69, 9.17) is 8.83 Å². The van der Waals surface area contributed by atoms with Crippen LogP contribution in [0.5, 0.6) is 0 Å².